The van der Waals surface area contributed by atoms with Crippen LogP contribution in [0.4, 0.5) is 0 Å². The van der Waals surface area contributed by atoms with Crippen molar-refractivity contribution in [3.63, 3.8) is 0 Å². The second-order valence-electron chi connectivity index (χ2n) is 1.92. The molecular weight excluding hydrogens is 176 g/mol. The first-order chi connectivity index (χ1) is 4.50. The summed E-state index contributed by atoms with van der Waals surface area (Å²) in [6, 6.07) is 0. The van der Waals surface area contributed by atoms with E-state index < -0.39 is 18.1 Å². The van der Waals surface area contributed by atoms with Gasteiger partial charge in [-0.2, -0.15) is 0 Å². The van der Waals surface area contributed by atoms with Crippen LogP contribution in [0.25, 0.3) is 0 Å². The average molecular weight is 188 g/mol. The zero-order chi connectivity index (χ0) is 8.04. The summed E-state index contributed by atoms with van der Waals surface area (Å²) in [5.74, 6) is 0. The molecule has 0 bridgehead atoms. The minimum absolute atomic E-state index is 1.00. The molecular formula is C4H12O5Ti. The summed E-state index contributed by atoms with van der Waals surface area (Å²) in [4.78, 5) is 0. The van der Waals surface area contributed by atoms with E-state index in [0.29, 0.717) is 0 Å². The number of rotatable bonds is 0. The summed E-state index contributed by atoms with van der Waals surface area (Å²) in [6.45, 7) is 2.00. The first-order valence-electron chi connectivity index (χ1n) is 2.97. The molecule has 1 aliphatic rings. The van der Waals surface area contributed by atoms with Crippen molar-refractivity contribution in [2.45, 2.75) is 12.8 Å². The quantitative estimate of drug-likeness (QED) is 0.350. The summed E-state index contributed by atoms with van der Waals surface area (Å²) < 4.78 is 34.4. The number of hydrogen-bond acceptors (Lipinski definition) is 5. The van der Waals surface area contributed by atoms with Gasteiger partial charge in [-0.05, 0) is 12.8 Å². The van der Waals surface area contributed by atoms with Crippen LogP contribution in [0.1, 0.15) is 12.8 Å². The summed E-state index contributed by atoms with van der Waals surface area (Å²) in [5.41, 5.74) is 0. The molecule has 0 amide bonds. The van der Waals surface area contributed by atoms with E-state index in [0.717, 1.165) is 13.2 Å². The minimum atomic E-state index is -5.00. The van der Waals surface area contributed by atoms with Crippen LogP contribution in [0.15, 0.2) is 0 Å². The fourth-order valence-corrected chi connectivity index (χ4v) is 0.510. The first kappa shape index (κ1) is 10.5. The predicted molar refractivity (Wildman–Crippen MR) is 28.9 cm³/mol. The van der Waals surface area contributed by atoms with Crippen molar-refractivity contribution in [1.29, 1.82) is 0 Å². The molecule has 1 saturated heterocycles. The van der Waals surface area contributed by atoms with Crippen molar-refractivity contribution >= 4 is 0 Å². The molecule has 1 rings (SSSR count). The molecule has 0 aliphatic carbocycles. The van der Waals surface area contributed by atoms with Crippen LogP contribution in [-0.4, -0.2) is 28.0 Å². The van der Waals surface area contributed by atoms with Crippen LogP contribution < -0.4 is 0 Å². The third kappa shape index (κ3) is 15.8. The van der Waals surface area contributed by atoms with Crippen molar-refractivity contribution in [2.75, 3.05) is 13.2 Å². The van der Waals surface area contributed by atoms with Gasteiger partial charge in [-0.15, -0.1) is 0 Å². The molecule has 62 valence electrons. The Morgan fingerprint density at radius 2 is 1.20 bits per heavy atom. The zero-order valence-electron chi connectivity index (χ0n) is 5.53. The molecule has 0 saturated carbocycles. The molecule has 1 heterocycles. The molecule has 0 atom stereocenters. The van der Waals surface area contributed by atoms with Crippen LogP contribution in [-0.2, 0) is 22.9 Å². The van der Waals surface area contributed by atoms with E-state index in [1.54, 1.807) is 0 Å². The summed E-state index contributed by atoms with van der Waals surface area (Å²) in [7, 11) is 0. The normalized spacial score (nSPS) is 18.0. The Bertz CT molecular complexity index is 62.6. The summed E-state index contributed by atoms with van der Waals surface area (Å²) >= 11 is -5.00. The van der Waals surface area contributed by atoms with Crippen LogP contribution in [0, 0.1) is 0 Å². The van der Waals surface area contributed by atoms with E-state index >= 15 is 0 Å². The van der Waals surface area contributed by atoms with E-state index in [1.807, 2.05) is 0 Å². The molecule has 1 fully saturated rings. The van der Waals surface area contributed by atoms with Gasteiger partial charge in [0.25, 0.3) is 0 Å². The monoisotopic (exact) mass is 188 g/mol. The SMILES string of the molecule is C1CCOC1.[OH][Ti]([OH])([OH])[OH]. The molecule has 0 unspecified atom stereocenters. The first-order valence-corrected chi connectivity index (χ1v) is 5.77. The number of ether oxygens (including phenoxy) is 1. The fourth-order valence-electron chi connectivity index (χ4n) is 0.510. The van der Waals surface area contributed by atoms with Gasteiger partial charge in [0, 0.05) is 13.2 Å². The molecule has 0 spiro atoms. The molecule has 4 N–H and O–H groups in total. The standard InChI is InChI=1S/C4H8O.4H2O.Ti/c1-2-4-5-3-1;;;;;/h1-4H2;4*1H2;/q;;;;;+4/p-4. The van der Waals surface area contributed by atoms with E-state index in [-0.39, 0.29) is 0 Å². The molecule has 0 aromatic heterocycles. The Kier molecular flexibility index (Phi) is 5.47. The fraction of sp³-hybridized carbons (Fsp3) is 1.00. The van der Waals surface area contributed by atoms with Crippen molar-refractivity contribution in [3.8, 4) is 0 Å². The van der Waals surface area contributed by atoms with Gasteiger partial charge in [0.1, 0.15) is 0 Å². The Morgan fingerprint density at radius 3 is 1.30 bits per heavy atom. The predicted octanol–water partition coefficient (Wildman–Crippen LogP) is -1.43. The van der Waals surface area contributed by atoms with Gasteiger partial charge < -0.3 is 4.74 Å². The van der Waals surface area contributed by atoms with Gasteiger partial charge in [0.05, 0.1) is 0 Å². The Labute approximate surface area is 64.1 Å². The Morgan fingerprint density at radius 1 is 0.900 bits per heavy atom. The zero-order valence-corrected chi connectivity index (χ0v) is 7.09. The maximum atomic E-state index is 7.38. The van der Waals surface area contributed by atoms with Crippen molar-refractivity contribution < 1.29 is 37.6 Å². The third-order valence-electron chi connectivity index (χ3n) is 0.827. The van der Waals surface area contributed by atoms with E-state index in [4.69, 9.17) is 19.5 Å². The van der Waals surface area contributed by atoms with Crippen LogP contribution in [0.2, 0.25) is 0 Å². The molecule has 5 nitrogen and oxygen atoms in total. The van der Waals surface area contributed by atoms with Crippen LogP contribution in [0.5, 0.6) is 0 Å². The Hall–Kier alpha value is 0.514. The van der Waals surface area contributed by atoms with Gasteiger partial charge >= 0.3 is 32.9 Å². The van der Waals surface area contributed by atoms with Gasteiger partial charge in [0.15, 0.2) is 0 Å². The van der Waals surface area contributed by atoms with Gasteiger partial charge in [-0.25, -0.2) is 0 Å². The van der Waals surface area contributed by atoms with Crippen molar-refractivity contribution in [1.82, 2.24) is 0 Å². The molecule has 10 heavy (non-hydrogen) atoms. The summed E-state index contributed by atoms with van der Waals surface area (Å²) in [6.07, 6.45) is 2.56. The van der Waals surface area contributed by atoms with Crippen molar-refractivity contribution in [2.24, 2.45) is 0 Å². The van der Waals surface area contributed by atoms with Gasteiger partial charge in [-0.3, -0.25) is 0 Å². The molecule has 0 radical (unpaired) electrons. The second-order valence-corrected chi connectivity index (χ2v) is 3.79. The molecule has 0 aromatic carbocycles. The second kappa shape index (κ2) is 5.20. The van der Waals surface area contributed by atoms with Gasteiger partial charge in [-0.1, -0.05) is 0 Å². The van der Waals surface area contributed by atoms with Crippen molar-refractivity contribution in [3.05, 3.63) is 0 Å². The average Bonchev–Trinajstić information content (AvgIpc) is 2.07. The number of hydrogen-bond donors (Lipinski definition) is 4. The third-order valence-corrected chi connectivity index (χ3v) is 0.827. The Balaban J connectivity index is 0.000000162. The topological polar surface area (TPSA) is 90.2 Å². The molecule has 0 aromatic rings. The maximum absolute atomic E-state index is 7.38. The summed E-state index contributed by atoms with van der Waals surface area (Å²) in [5, 5.41) is 0. The van der Waals surface area contributed by atoms with Crippen LogP contribution >= 0.6 is 0 Å². The van der Waals surface area contributed by atoms with Crippen LogP contribution in [0.3, 0.4) is 0 Å². The molecule has 1 aliphatic heterocycles. The molecule has 6 heteroatoms. The van der Waals surface area contributed by atoms with E-state index in [2.05, 4.69) is 0 Å². The van der Waals surface area contributed by atoms with Gasteiger partial charge in [0.2, 0.25) is 0 Å². The van der Waals surface area contributed by atoms with E-state index in [1.165, 1.54) is 12.8 Å². The van der Waals surface area contributed by atoms with E-state index in [9.17, 15) is 0 Å².